The third-order valence-electron chi connectivity index (χ3n) is 4.86. The number of para-hydroxylation sites is 1. The third kappa shape index (κ3) is 3.06. The fourth-order valence-corrected chi connectivity index (χ4v) is 3.45. The molecule has 0 bridgehead atoms. The van der Waals surface area contributed by atoms with E-state index in [1.54, 1.807) is 0 Å². The molecular formula is C20H24ClNO2. The molecule has 0 radical (unpaired) electrons. The molecule has 0 amide bonds. The highest BCUT2D eigenvalue weighted by Gasteiger charge is 2.50. The van der Waals surface area contributed by atoms with E-state index in [1.165, 1.54) is 0 Å². The number of halogens is 1. The smallest absolute Gasteiger partial charge is 0.326 e. The predicted molar refractivity (Wildman–Crippen MR) is 99.0 cm³/mol. The van der Waals surface area contributed by atoms with Crippen LogP contribution in [0.2, 0.25) is 0 Å². The summed E-state index contributed by atoms with van der Waals surface area (Å²) in [5.74, 6) is 0.540. The molecule has 1 aliphatic heterocycles. The zero-order valence-corrected chi connectivity index (χ0v) is 15.0. The summed E-state index contributed by atoms with van der Waals surface area (Å²) in [6.45, 7) is 7.14. The van der Waals surface area contributed by atoms with Gasteiger partial charge in [0.25, 0.3) is 0 Å². The lowest BCUT2D eigenvalue weighted by Crippen LogP contribution is -2.39. The number of nitrogens with zero attached hydrogens (tertiary/aromatic N) is 1. The standard InChI is InChI=1S/C20H23NO2.ClH/c1-3-21(4-2)15-14-20(16-10-6-5-7-11-16)17-12-8-9-13-18(17)23-19(20)22;/h5-13H,3-4,14-15H2,1-2H3;1H/t20-;/m0./s1. The molecule has 0 saturated heterocycles. The van der Waals surface area contributed by atoms with Crippen LogP contribution in [0.1, 0.15) is 31.4 Å². The first-order valence-electron chi connectivity index (χ1n) is 8.32. The summed E-state index contributed by atoms with van der Waals surface area (Å²) >= 11 is 0. The molecule has 3 rings (SSSR count). The Kier molecular flexibility index (Phi) is 6.03. The van der Waals surface area contributed by atoms with E-state index in [1.807, 2.05) is 54.6 Å². The average Bonchev–Trinajstić information content (AvgIpc) is 2.89. The molecule has 1 atom stereocenters. The fourth-order valence-electron chi connectivity index (χ4n) is 3.45. The third-order valence-corrected chi connectivity index (χ3v) is 4.86. The van der Waals surface area contributed by atoms with E-state index in [0.29, 0.717) is 5.75 Å². The zero-order chi connectivity index (χ0) is 16.3. The van der Waals surface area contributed by atoms with Gasteiger partial charge in [-0.05, 0) is 37.7 Å². The highest BCUT2D eigenvalue weighted by Crippen LogP contribution is 2.46. The van der Waals surface area contributed by atoms with Gasteiger partial charge in [-0.1, -0.05) is 62.4 Å². The summed E-state index contributed by atoms with van der Waals surface area (Å²) in [4.78, 5) is 15.2. The Morgan fingerprint density at radius 1 is 0.958 bits per heavy atom. The second kappa shape index (κ2) is 7.82. The van der Waals surface area contributed by atoms with Gasteiger partial charge in [-0.25, -0.2) is 0 Å². The first kappa shape index (κ1) is 18.5. The number of carbonyl (C=O) groups excluding carboxylic acids is 1. The average molecular weight is 346 g/mol. The molecule has 1 aliphatic rings. The number of hydrogen-bond donors (Lipinski definition) is 0. The van der Waals surface area contributed by atoms with Crippen LogP contribution in [0.3, 0.4) is 0 Å². The van der Waals surface area contributed by atoms with Gasteiger partial charge in [-0.15, -0.1) is 12.4 Å². The maximum absolute atomic E-state index is 12.9. The first-order chi connectivity index (χ1) is 11.2. The SMILES string of the molecule is CCN(CC)CC[C@@]1(c2ccccc2)C(=O)Oc2ccccc21.Cl. The Hall–Kier alpha value is -1.84. The van der Waals surface area contributed by atoms with Crippen LogP contribution in [-0.2, 0) is 10.2 Å². The van der Waals surface area contributed by atoms with Gasteiger partial charge in [0.15, 0.2) is 0 Å². The molecule has 0 N–H and O–H groups in total. The van der Waals surface area contributed by atoms with Crippen LogP contribution in [0.25, 0.3) is 0 Å². The molecule has 2 aromatic carbocycles. The van der Waals surface area contributed by atoms with Crippen LogP contribution in [-0.4, -0.2) is 30.5 Å². The summed E-state index contributed by atoms with van der Waals surface area (Å²) in [6, 6.07) is 17.8. The van der Waals surface area contributed by atoms with E-state index in [2.05, 4.69) is 18.7 Å². The molecule has 0 fully saturated rings. The number of fused-ring (bicyclic) bond motifs is 1. The molecule has 0 unspecified atom stereocenters. The van der Waals surface area contributed by atoms with Crippen LogP contribution < -0.4 is 4.74 Å². The normalized spacial score (nSPS) is 18.9. The molecule has 128 valence electrons. The second-order valence-corrected chi connectivity index (χ2v) is 5.93. The van der Waals surface area contributed by atoms with Crippen LogP contribution in [0.15, 0.2) is 54.6 Å². The summed E-state index contributed by atoms with van der Waals surface area (Å²) in [6.07, 6.45) is 0.731. The van der Waals surface area contributed by atoms with Crippen molar-refractivity contribution in [2.75, 3.05) is 19.6 Å². The Morgan fingerprint density at radius 3 is 2.25 bits per heavy atom. The maximum atomic E-state index is 12.9. The lowest BCUT2D eigenvalue weighted by atomic mass is 9.73. The van der Waals surface area contributed by atoms with E-state index in [-0.39, 0.29) is 18.4 Å². The van der Waals surface area contributed by atoms with Crippen molar-refractivity contribution in [2.45, 2.75) is 25.7 Å². The Morgan fingerprint density at radius 2 is 1.58 bits per heavy atom. The number of esters is 1. The summed E-state index contributed by atoms with van der Waals surface area (Å²) in [5, 5.41) is 0. The minimum absolute atomic E-state index is 0. The molecule has 2 aromatic rings. The number of rotatable bonds is 6. The van der Waals surface area contributed by atoms with Crippen LogP contribution in [0.4, 0.5) is 0 Å². The zero-order valence-electron chi connectivity index (χ0n) is 14.2. The second-order valence-electron chi connectivity index (χ2n) is 5.93. The van der Waals surface area contributed by atoms with E-state index >= 15 is 0 Å². The van der Waals surface area contributed by atoms with Gasteiger partial charge >= 0.3 is 5.97 Å². The van der Waals surface area contributed by atoms with Crippen molar-refractivity contribution < 1.29 is 9.53 Å². The lowest BCUT2D eigenvalue weighted by Gasteiger charge is -2.29. The lowest BCUT2D eigenvalue weighted by molar-refractivity contribution is -0.137. The van der Waals surface area contributed by atoms with Crippen LogP contribution in [0, 0.1) is 0 Å². The van der Waals surface area contributed by atoms with Crippen molar-refractivity contribution in [3.05, 3.63) is 65.7 Å². The fraction of sp³-hybridized carbons (Fsp3) is 0.350. The number of benzene rings is 2. The Labute approximate surface area is 150 Å². The van der Waals surface area contributed by atoms with Gasteiger partial charge < -0.3 is 9.64 Å². The van der Waals surface area contributed by atoms with Gasteiger partial charge in [0.2, 0.25) is 0 Å². The van der Waals surface area contributed by atoms with Crippen molar-refractivity contribution in [3.8, 4) is 5.75 Å². The molecule has 4 heteroatoms. The van der Waals surface area contributed by atoms with Crippen LogP contribution in [0.5, 0.6) is 5.75 Å². The number of ether oxygens (including phenoxy) is 1. The summed E-state index contributed by atoms with van der Waals surface area (Å²) in [5.41, 5.74) is 1.31. The highest BCUT2D eigenvalue weighted by molar-refractivity contribution is 5.94. The molecule has 3 nitrogen and oxygen atoms in total. The molecule has 0 aliphatic carbocycles. The van der Waals surface area contributed by atoms with E-state index in [4.69, 9.17) is 4.74 Å². The van der Waals surface area contributed by atoms with Crippen molar-refractivity contribution in [3.63, 3.8) is 0 Å². The van der Waals surface area contributed by atoms with Gasteiger partial charge in [-0.3, -0.25) is 4.79 Å². The molecular weight excluding hydrogens is 322 g/mol. The molecule has 24 heavy (non-hydrogen) atoms. The van der Waals surface area contributed by atoms with Crippen molar-refractivity contribution in [1.29, 1.82) is 0 Å². The van der Waals surface area contributed by atoms with E-state index in [0.717, 1.165) is 37.2 Å². The van der Waals surface area contributed by atoms with Gasteiger partial charge in [0, 0.05) is 5.56 Å². The van der Waals surface area contributed by atoms with Crippen LogP contribution >= 0.6 is 12.4 Å². The Bertz CT molecular complexity index is 685. The van der Waals surface area contributed by atoms with Crippen molar-refractivity contribution in [1.82, 2.24) is 4.90 Å². The minimum Gasteiger partial charge on any atom is -0.425 e. The highest BCUT2D eigenvalue weighted by atomic mass is 35.5. The van der Waals surface area contributed by atoms with Crippen molar-refractivity contribution >= 4 is 18.4 Å². The maximum Gasteiger partial charge on any atom is 0.326 e. The van der Waals surface area contributed by atoms with Crippen molar-refractivity contribution in [2.24, 2.45) is 0 Å². The summed E-state index contributed by atoms with van der Waals surface area (Å²) in [7, 11) is 0. The number of hydrogen-bond acceptors (Lipinski definition) is 3. The number of carbonyl (C=O) groups is 1. The van der Waals surface area contributed by atoms with Gasteiger partial charge in [0.1, 0.15) is 11.2 Å². The first-order valence-corrected chi connectivity index (χ1v) is 8.32. The van der Waals surface area contributed by atoms with Gasteiger partial charge in [-0.2, -0.15) is 0 Å². The molecule has 0 saturated carbocycles. The van der Waals surface area contributed by atoms with Gasteiger partial charge in [0.05, 0.1) is 0 Å². The largest absolute Gasteiger partial charge is 0.425 e. The molecule has 0 aromatic heterocycles. The quantitative estimate of drug-likeness (QED) is 0.584. The monoisotopic (exact) mass is 345 g/mol. The Balaban J connectivity index is 0.00000208. The van der Waals surface area contributed by atoms with E-state index in [9.17, 15) is 4.79 Å². The predicted octanol–water partition coefficient (Wildman–Crippen LogP) is 4.05. The topological polar surface area (TPSA) is 29.5 Å². The molecule has 1 heterocycles. The minimum atomic E-state index is -0.694. The molecule has 0 spiro atoms. The summed E-state index contributed by atoms with van der Waals surface area (Å²) < 4.78 is 5.62. The van der Waals surface area contributed by atoms with E-state index < -0.39 is 5.41 Å².